The van der Waals surface area contributed by atoms with Gasteiger partial charge in [0.2, 0.25) is 0 Å². The van der Waals surface area contributed by atoms with Crippen molar-refractivity contribution in [1.29, 1.82) is 0 Å². The number of nitrogens with zero attached hydrogens (tertiary/aromatic N) is 1. The van der Waals surface area contributed by atoms with Gasteiger partial charge in [-0.05, 0) is 56.3 Å². The lowest BCUT2D eigenvalue weighted by molar-refractivity contribution is 0.0939. The highest BCUT2D eigenvalue weighted by molar-refractivity contribution is 6.01. The topological polar surface area (TPSA) is 42.0 Å². The fourth-order valence-corrected chi connectivity index (χ4v) is 3.11. The number of pyridine rings is 1. The molecule has 2 aliphatic rings. The molecule has 1 N–H and O–H groups in total. The van der Waals surface area contributed by atoms with Gasteiger partial charge >= 0.3 is 0 Å². The lowest BCUT2D eigenvalue weighted by Crippen LogP contribution is -2.30. The Kier molecular flexibility index (Phi) is 2.51. The average molecular weight is 230 g/mol. The predicted molar refractivity (Wildman–Crippen MR) is 65.9 cm³/mol. The van der Waals surface area contributed by atoms with Crippen LogP contribution in [0.3, 0.4) is 0 Å². The second kappa shape index (κ2) is 3.91. The van der Waals surface area contributed by atoms with Gasteiger partial charge in [0.1, 0.15) is 0 Å². The molecule has 2 heterocycles. The van der Waals surface area contributed by atoms with E-state index in [4.69, 9.17) is 0 Å². The molecule has 1 atom stereocenters. The fraction of sp³-hybridized carbons (Fsp3) is 0.571. The zero-order valence-corrected chi connectivity index (χ0v) is 10.2. The van der Waals surface area contributed by atoms with E-state index < -0.39 is 0 Å². The van der Waals surface area contributed by atoms with Crippen molar-refractivity contribution in [2.75, 3.05) is 13.1 Å². The molecule has 1 aliphatic heterocycles. The summed E-state index contributed by atoms with van der Waals surface area (Å²) in [5, 5.41) is 3.37. The predicted octanol–water partition coefficient (Wildman–Crippen LogP) is 1.96. The molecule has 1 saturated carbocycles. The second-order valence-electron chi connectivity index (χ2n) is 5.42. The maximum Gasteiger partial charge on any atom is 0.168 e. The Labute approximate surface area is 102 Å². The molecular weight excluding hydrogens is 212 g/mol. The van der Waals surface area contributed by atoms with Crippen molar-refractivity contribution in [2.45, 2.75) is 26.2 Å². The number of carbonyl (C=O) groups excluding carboxylic acids is 1. The zero-order chi connectivity index (χ0) is 11.9. The van der Waals surface area contributed by atoms with Crippen molar-refractivity contribution in [2.24, 2.45) is 11.3 Å². The SMILES string of the molecule is Cc1ccncc1C(=O)C1CC12CCNCC2. The smallest absolute Gasteiger partial charge is 0.168 e. The third kappa shape index (κ3) is 1.78. The van der Waals surface area contributed by atoms with Crippen molar-refractivity contribution in [3.8, 4) is 0 Å². The van der Waals surface area contributed by atoms with Crippen LogP contribution in [0.2, 0.25) is 0 Å². The van der Waals surface area contributed by atoms with Crippen LogP contribution in [0.1, 0.15) is 35.2 Å². The first-order chi connectivity index (χ1) is 8.23. The first-order valence-electron chi connectivity index (χ1n) is 6.38. The Hall–Kier alpha value is -1.22. The van der Waals surface area contributed by atoms with E-state index in [0.29, 0.717) is 11.2 Å². The Bertz CT molecular complexity index is 449. The Balaban J connectivity index is 1.79. The minimum atomic E-state index is 0.257. The summed E-state index contributed by atoms with van der Waals surface area (Å²) < 4.78 is 0. The van der Waals surface area contributed by atoms with Gasteiger partial charge in [0.25, 0.3) is 0 Å². The molecule has 3 nitrogen and oxygen atoms in total. The average Bonchev–Trinajstić information content (AvgIpc) is 3.04. The molecule has 1 aromatic heterocycles. The lowest BCUT2D eigenvalue weighted by atomic mass is 9.89. The summed E-state index contributed by atoms with van der Waals surface area (Å²) in [6.45, 7) is 4.12. The van der Waals surface area contributed by atoms with Crippen molar-refractivity contribution in [3.05, 3.63) is 29.6 Å². The molecule has 1 saturated heterocycles. The first-order valence-corrected chi connectivity index (χ1v) is 6.38. The van der Waals surface area contributed by atoms with Crippen molar-refractivity contribution >= 4 is 5.78 Å². The molecule has 2 fully saturated rings. The molecule has 3 heteroatoms. The number of aryl methyl sites for hydroxylation is 1. The third-order valence-electron chi connectivity index (χ3n) is 4.41. The van der Waals surface area contributed by atoms with Gasteiger partial charge < -0.3 is 5.32 Å². The minimum Gasteiger partial charge on any atom is -0.317 e. The molecule has 0 radical (unpaired) electrons. The monoisotopic (exact) mass is 230 g/mol. The van der Waals surface area contributed by atoms with Gasteiger partial charge in [-0.1, -0.05) is 0 Å². The summed E-state index contributed by atoms with van der Waals surface area (Å²) in [5.41, 5.74) is 2.21. The van der Waals surface area contributed by atoms with Crippen LogP contribution >= 0.6 is 0 Å². The number of hydrogen-bond acceptors (Lipinski definition) is 3. The van der Waals surface area contributed by atoms with E-state index >= 15 is 0 Å². The molecule has 90 valence electrons. The van der Waals surface area contributed by atoms with Crippen molar-refractivity contribution in [1.82, 2.24) is 10.3 Å². The summed E-state index contributed by atoms with van der Waals surface area (Å²) in [7, 11) is 0. The highest BCUT2D eigenvalue weighted by Crippen LogP contribution is 2.59. The van der Waals surface area contributed by atoms with E-state index in [9.17, 15) is 4.79 Å². The molecule has 1 unspecified atom stereocenters. The van der Waals surface area contributed by atoms with Crippen molar-refractivity contribution in [3.63, 3.8) is 0 Å². The number of rotatable bonds is 2. The summed E-state index contributed by atoms with van der Waals surface area (Å²) >= 11 is 0. The summed E-state index contributed by atoms with van der Waals surface area (Å²) in [4.78, 5) is 16.5. The number of piperidine rings is 1. The normalized spacial score (nSPS) is 25.8. The van der Waals surface area contributed by atoms with Crippen LogP contribution in [0, 0.1) is 18.3 Å². The van der Waals surface area contributed by atoms with E-state index in [2.05, 4.69) is 10.3 Å². The summed E-state index contributed by atoms with van der Waals surface area (Å²) in [5.74, 6) is 0.574. The number of hydrogen-bond donors (Lipinski definition) is 1. The Morgan fingerprint density at radius 2 is 2.24 bits per heavy atom. The van der Waals surface area contributed by atoms with E-state index in [-0.39, 0.29) is 5.92 Å². The first kappa shape index (κ1) is 10.9. The second-order valence-corrected chi connectivity index (χ2v) is 5.42. The highest BCUT2D eigenvalue weighted by atomic mass is 16.1. The molecule has 0 bridgehead atoms. The van der Waals surface area contributed by atoms with Crippen LogP contribution in [0.15, 0.2) is 18.5 Å². The molecule has 3 rings (SSSR count). The van der Waals surface area contributed by atoms with Gasteiger partial charge in [0, 0.05) is 23.9 Å². The Morgan fingerprint density at radius 3 is 2.94 bits per heavy atom. The van der Waals surface area contributed by atoms with Crippen LogP contribution in [0.5, 0.6) is 0 Å². The molecule has 1 spiro atoms. The van der Waals surface area contributed by atoms with Crippen LogP contribution in [0.25, 0.3) is 0 Å². The molecule has 0 amide bonds. The van der Waals surface area contributed by atoms with Crippen LogP contribution in [-0.2, 0) is 0 Å². The number of carbonyl (C=O) groups is 1. The highest BCUT2D eigenvalue weighted by Gasteiger charge is 2.57. The van der Waals surface area contributed by atoms with Crippen LogP contribution in [0.4, 0.5) is 0 Å². The molecule has 0 aromatic carbocycles. The lowest BCUT2D eigenvalue weighted by Gasteiger charge is -2.23. The van der Waals surface area contributed by atoms with E-state index in [1.165, 1.54) is 0 Å². The van der Waals surface area contributed by atoms with E-state index in [1.54, 1.807) is 12.4 Å². The fourth-order valence-electron chi connectivity index (χ4n) is 3.11. The molecule has 17 heavy (non-hydrogen) atoms. The van der Waals surface area contributed by atoms with Gasteiger partial charge in [-0.3, -0.25) is 9.78 Å². The third-order valence-corrected chi connectivity index (χ3v) is 4.41. The number of Topliss-reactive ketones (excluding diaryl/α,β-unsaturated/α-hetero) is 1. The van der Waals surface area contributed by atoms with Gasteiger partial charge in [0.15, 0.2) is 5.78 Å². The number of nitrogens with one attached hydrogen (secondary N) is 1. The zero-order valence-electron chi connectivity index (χ0n) is 10.2. The summed E-state index contributed by atoms with van der Waals surface area (Å²) in [6, 6.07) is 1.92. The quantitative estimate of drug-likeness (QED) is 0.790. The summed E-state index contributed by atoms with van der Waals surface area (Å²) in [6.07, 6.45) is 6.87. The van der Waals surface area contributed by atoms with E-state index in [0.717, 1.165) is 43.5 Å². The minimum absolute atomic E-state index is 0.257. The number of ketones is 1. The van der Waals surface area contributed by atoms with Crippen LogP contribution < -0.4 is 5.32 Å². The van der Waals surface area contributed by atoms with E-state index in [1.807, 2.05) is 13.0 Å². The maximum atomic E-state index is 12.4. The van der Waals surface area contributed by atoms with Crippen molar-refractivity contribution < 1.29 is 4.79 Å². The van der Waals surface area contributed by atoms with Crippen LogP contribution in [-0.4, -0.2) is 23.9 Å². The van der Waals surface area contributed by atoms with Gasteiger partial charge in [0.05, 0.1) is 0 Å². The molecular formula is C14H18N2O. The van der Waals surface area contributed by atoms with Gasteiger partial charge in [-0.2, -0.15) is 0 Å². The number of aromatic nitrogens is 1. The molecule has 1 aliphatic carbocycles. The standard InChI is InChI=1S/C14H18N2O/c1-10-2-5-16-9-11(10)13(17)12-8-14(12)3-6-15-7-4-14/h2,5,9,12,15H,3-4,6-8H2,1H3. The molecule has 1 aromatic rings. The Morgan fingerprint density at radius 1 is 1.47 bits per heavy atom. The van der Waals surface area contributed by atoms with Gasteiger partial charge in [-0.15, -0.1) is 0 Å². The van der Waals surface area contributed by atoms with Gasteiger partial charge in [-0.25, -0.2) is 0 Å². The maximum absolute atomic E-state index is 12.4. The largest absolute Gasteiger partial charge is 0.317 e.